The average molecular weight is 397 g/mol. The third-order valence-corrected chi connectivity index (χ3v) is 4.76. The Morgan fingerprint density at radius 3 is 1.93 bits per heavy atom. The first kappa shape index (κ1) is 21.3. The molecule has 0 radical (unpaired) electrons. The molecule has 6 heteroatoms. The van der Waals surface area contributed by atoms with Crippen LogP contribution in [0.2, 0.25) is 0 Å². The number of anilines is 1. The summed E-state index contributed by atoms with van der Waals surface area (Å²) in [6.45, 7) is 9.58. The molecule has 1 aliphatic heterocycles. The van der Waals surface area contributed by atoms with E-state index in [4.69, 9.17) is 0 Å². The Hall–Kier alpha value is -2.01. The molecular formula is C21H24ClF3N2. The summed E-state index contributed by atoms with van der Waals surface area (Å²) in [5.74, 6) is -2.04. The quantitative estimate of drug-likeness (QED) is 0.720. The van der Waals surface area contributed by atoms with E-state index in [0.29, 0.717) is 24.9 Å². The highest BCUT2D eigenvalue weighted by atomic mass is 35.5. The van der Waals surface area contributed by atoms with Crippen LogP contribution in [0.15, 0.2) is 30.3 Å². The van der Waals surface area contributed by atoms with Crippen LogP contribution in [-0.2, 0) is 0 Å². The molecule has 0 saturated heterocycles. The van der Waals surface area contributed by atoms with Crippen molar-refractivity contribution in [1.29, 1.82) is 0 Å². The van der Waals surface area contributed by atoms with Gasteiger partial charge in [-0.15, -0.1) is 0 Å². The van der Waals surface area contributed by atoms with Gasteiger partial charge in [-0.05, 0) is 11.8 Å². The zero-order valence-electron chi connectivity index (χ0n) is 15.9. The summed E-state index contributed by atoms with van der Waals surface area (Å²) >= 11 is 0. The summed E-state index contributed by atoms with van der Waals surface area (Å²) < 4.78 is 43.0. The predicted octanol–water partition coefficient (Wildman–Crippen LogP) is 2.55. The van der Waals surface area contributed by atoms with Crippen molar-refractivity contribution in [1.82, 2.24) is 0 Å². The zero-order chi connectivity index (χ0) is 19.0. The smallest absolute Gasteiger partial charge is 0.244 e. The molecule has 0 bridgehead atoms. The highest BCUT2D eigenvalue weighted by Gasteiger charge is 2.31. The lowest BCUT2D eigenvalue weighted by molar-refractivity contribution is -0.428. The molecule has 2 nitrogen and oxygen atoms in total. The van der Waals surface area contributed by atoms with Crippen molar-refractivity contribution in [2.75, 3.05) is 18.0 Å². The van der Waals surface area contributed by atoms with Gasteiger partial charge in [0.25, 0.3) is 0 Å². The van der Waals surface area contributed by atoms with E-state index >= 15 is 0 Å². The van der Waals surface area contributed by atoms with Gasteiger partial charge >= 0.3 is 0 Å². The summed E-state index contributed by atoms with van der Waals surface area (Å²) in [6.07, 6.45) is 1.73. The van der Waals surface area contributed by atoms with E-state index in [1.54, 1.807) is 6.34 Å². The van der Waals surface area contributed by atoms with Crippen molar-refractivity contribution >= 4 is 17.7 Å². The molecule has 1 aliphatic rings. The molecule has 3 rings (SSSR count). The Balaban J connectivity index is 0.00000261. The molecular weight excluding hydrogens is 373 g/mol. The first-order chi connectivity index (χ1) is 12.3. The second-order valence-corrected chi connectivity index (χ2v) is 7.31. The molecule has 146 valence electrons. The maximum atomic E-state index is 14.1. The Bertz CT molecular complexity index is 813. The average Bonchev–Trinajstić information content (AvgIpc) is 3.02. The monoisotopic (exact) mass is 396 g/mol. The lowest BCUT2D eigenvalue weighted by atomic mass is 9.92. The van der Waals surface area contributed by atoms with Crippen LogP contribution in [0.1, 0.15) is 50.7 Å². The molecule has 0 unspecified atom stereocenters. The molecule has 0 N–H and O–H groups in total. The molecule has 0 spiro atoms. The lowest BCUT2D eigenvalue weighted by Crippen LogP contribution is -3.00. The first-order valence-corrected chi connectivity index (χ1v) is 8.95. The van der Waals surface area contributed by atoms with Crippen molar-refractivity contribution in [3.63, 3.8) is 0 Å². The van der Waals surface area contributed by atoms with Gasteiger partial charge in [0.15, 0.2) is 17.3 Å². The standard InChI is InChI=1S/C21H24F3N2.ClH/c1-13(2)16-6-5-7-17(14(3)4)20(16)25-8-9-26(12-25)21-18(23)10-15(22)11-19(21)24;/h5-7,10-14H,8-9H2,1-4H3;1H/q+1;/p-1. The molecule has 27 heavy (non-hydrogen) atoms. The minimum Gasteiger partial charge on any atom is -1.00 e. The topological polar surface area (TPSA) is 6.25 Å². The van der Waals surface area contributed by atoms with E-state index in [-0.39, 0.29) is 18.1 Å². The normalized spacial score (nSPS) is 14.0. The van der Waals surface area contributed by atoms with Gasteiger partial charge < -0.3 is 12.4 Å². The van der Waals surface area contributed by atoms with Crippen molar-refractivity contribution in [3.05, 3.63) is 58.9 Å². The summed E-state index contributed by atoms with van der Waals surface area (Å²) in [5, 5.41) is 0. The Kier molecular flexibility index (Phi) is 6.58. The van der Waals surface area contributed by atoms with Gasteiger partial charge in [-0.25, -0.2) is 22.6 Å². The second-order valence-electron chi connectivity index (χ2n) is 7.31. The number of hydrogen-bond acceptors (Lipinski definition) is 1. The molecule has 0 saturated carbocycles. The number of nitrogens with zero attached hydrogens (tertiary/aromatic N) is 2. The van der Waals surface area contributed by atoms with Crippen LogP contribution in [0.25, 0.3) is 0 Å². The van der Waals surface area contributed by atoms with Gasteiger partial charge in [0, 0.05) is 23.3 Å². The van der Waals surface area contributed by atoms with Gasteiger partial charge in [-0.3, -0.25) is 0 Å². The Morgan fingerprint density at radius 2 is 1.44 bits per heavy atom. The molecule has 1 heterocycles. The van der Waals surface area contributed by atoms with Crippen LogP contribution in [0.5, 0.6) is 0 Å². The van der Waals surface area contributed by atoms with E-state index in [9.17, 15) is 13.2 Å². The van der Waals surface area contributed by atoms with Crippen LogP contribution in [0.3, 0.4) is 0 Å². The molecule has 0 atom stereocenters. The van der Waals surface area contributed by atoms with Crippen molar-refractivity contribution in [2.24, 2.45) is 0 Å². The summed E-state index contributed by atoms with van der Waals surface area (Å²) in [7, 11) is 0. The number of para-hydroxylation sites is 1. The summed E-state index contributed by atoms with van der Waals surface area (Å²) in [6, 6.07) is 7.69. The minimum atomic E-state index is -0.910. The Labute approximate surface area is 164 Å². The first-order valence-electron chi connectivity index (χ1n) is 8.95. The molecule has 2 aromatic rings. The fraction of sp³-hybridized carbons (Fsp3) is 0.381. The summed E-state index contributed by atoms with van der Waals surface area (Å²) in [4.78, 5) is 2.05. The van der Waals surface area contributed by atoms with Gasteiger partial charge in [0.05, 0.1) is 0 Å². The molecule has 0 amide bonds. The zero-order valence-corrected chi connectivity index (χ0v) is 16.7. The van der Waals surface area contributed by atoms with Crippen molar-refractivity contribution in [3.8, 4) is 0 Å². The highest BCUT2D eigenvalue weighted by Crippen LogP contribution is 2.36. The molecule has 0 aliphatic carbocycles. The molecule has 2 aromatic carbocycles. The van der Waals surface area contributed by atoms with Crippen LogP contribution in [0.4, 0.5) is 24.5 Å². The highest BCUT2D eigenvalue weighted by molar-refractivity contribution is 5.82. The fourth-order valence-corrected chi connectivity index (χ4v) is 3.49. The van der Waals surface area contributed by atoms with Gasteiger partial charge in [0.1, 0.15) is 24.6 Å². The molecule has 0 fully saturated rings. The van der Waals surface area contributed by atoms with E-state index in [0.717, 1.165) is 17.8 Å². The van der Waals surface area contributed by atoms with Crippen LogP contribution < -0.4 is 17.3 Å². The number of benzene rings is 2. The van der Waals surface area contributed by atoms with Crippen LogP contribution in [0, 0.1) is 17.5 Å². The summed E-state index contributed by atoms with van der Waals surface area (Å²) in [5.41, 5.74) is 3.30. The maximum absolute atomic E-state index is 14.1. The van der Waals surface area contributed by atoms with Gasteiger partial charge in [0.2, 0.25) is 6.34 Å². The third kappa shape index (κ3) is 4.13. The van der Waals surface area contributed by atoms with E-state index in [1.807, 2.05) is 4.90 Å². The fourth-order valence-electron chi connectivity index (χ4n) is 3.49. The van der Waals surface area contributed by atoms with E-state index in [2.05, 4.69) is 45.9 Å². The third-order valence-electron chi connectivity index (χ3n) is 4.76. The van der Waals surface area contributed by atoms with Gasteiger partial charge in [-0.2, -0.15) is 0 Å². The lowest BCUT2D eigenvalue weighted by Gasteiger charge is -2.20. The van der Waals surface area contributed by atoms with Crippen molar-refractivity contribution in [2.45, 2.75) is 39.5 Å². The van der Waals surface area contributed by atoms with Crippen LogP contribution in [-0.4, -0.2) is 24.0 Å². The largest absolute Gasteiger partial charge is 1.00 e. The number of hydrogen-bond donors (Lipinski definition) is 0. The number of halogens is 4. The predicted molar refractivity (Wildman–Crippen MR) is 99.1 cm³/mol. The van der Waals surface area contributed by atoms with E-state index in [1.165, 1.54) is 15.7 Å². The van der Waals surface area contributed by atoms with E-state index < -0.39 is 17.5 Å². The number of rotatable bonds is 4. The second kappa shape index (κ2) is 8.34. The van der Waals surface area contributed by atoms with Gasteiger partial charge in [-0.1, -0.05) is 45.9 Å². The van der Waals surface area contributed by atoms with Crippen molar-refractivity contribution < 1.29 is 30.2 Å². The maximum Gasteiger partial charge on any atom is 0.244 e. The van der Waals surface area contributed by atoms with Crippen LogP contribution >= 0.6 is 0 Å². The SMILES string of the molecule is CC(C)c1cccc(C(C)C)c1N1C=[N+](c2c(F)cc(F)cc2F)CC1.[Cl-]. The molecule has 0 aromatic heterocycles. The minimum absolute atomic E-state index is 0. The Morgan fingerprint density at radius 1 is 0.926 bits per heavy atom.